The molecule has 40 valence electrons. The van der Waals surface area contributed by atoms with Crippen molar-refractivity contribution < 1.29 is 20.1 Å². The van der Waals surface area contributed by atoms with Crippen molar-refractivity contribution in [2.75, 3.05) is 0 Å². The normalized spacial score (nSPS) is 7.38. The van der Waals surface area contributed by atoms with E-state index >= 15 is 0 Å². The van der Waals surface area contributed by atoms with Crippen LogP contribution in [0.15, 0.2) is 0 Å². The van der Waals surface area contributed by atoms with E-state index in [1.54, 1.807) is 0 Å². The Hall–Kier alpha value is 3.95. The van der Waals surface area contributed by atoms with Gasteiger partial charge >= 0.3 is 106 Å². The summed E-state index contributed by atoms with van der Waals surface area (Å²) in [6, 6.07) is 0. The number of halogens is 1. The van der Waals surface area contributed by atoms with E-state index in [2.05, 4.69) is 11.2 Å². The first kappa shape index (κ1) is 22.7. The Bertz CT molecular complexity index is 76.4. The summed E-state index contributed by atoms with van der Waals surface area (Å²) in [5.74, 6) is 0. The van der Waals surface area contributed by atoms with Crippen LogP contribution >= 0.6 is 18.2 Å². The van der Waals surface area contributed by atoms with Crippen molar-refractivity contribution in [1.82, 2.24) is 0 Å². The molecule has 0 aliphatic carbocycles. The zero-order valence-corrected chi connectivity index (χ0v) is 12.9. The molecular weight excluding hydrogens is 266 g/mol. The molecule has 0 fully saturated rings. The van der Waals surface area contributed by atoms with Gasteiger partial charge in [0.25, 0.3) is 0 Å². The summed E-state index contributed by atoms with van der Waals surface area (Å²) in [5, 5.41) is 0. The fourth-order valence-corrected chi connectivity index (χ4v) is 0. The molecule has 0 aliphatic rings. The molecule has 0 radical (unpaired) electrons. The summed E-state index contributed by atoms with van der Waals surface area (Å²) < 4.78 is 8.87. The van der Waals surface area contributed by atoms with Crippen LogP contribution in [0, 0.1) is 0 Å². The number of hydrogen-bond acceptors (Lipinski definition) is 3. The summed E-state index contributed by atoms with van der Waals surface area (Å²) in [6.45, 7) is -4.67. The number of hydrogen-bond donors (Lipinski definition) is 0. The smallest absolute Gasteiger partial charge is 1.00 e. The molecule has 0 atom stereocenters. The molecule has 0 spiro atoms. The minimum atomic E-state index is -4.67. The SMILES string of the molecule is O=P([O-])([O-])Cl.[Ca+2].[H-].[H-].[H-].[H-].[Mg+2].[Sr+2]. The molecule has 0 unspecified atom stereocenters. The molecule has 0 bridgehead atoms. The third-order valence-corrected chi connectivity index (χ3v) is 0. The first-order valence-corrected chi connectivity index (χ1v) is 3.16. The van der Waals surface area contributed by atoms with Crippen LogP contribution in [0.1, 0.15) is 5.71 Å². The van der Waals surface area contributed by atoms with Crippen molar-refractivity contribution in [3.63, 3.8) is 0 Å². The molecule has 0 heterocycles. The van der Waals surface area contributed by atoms with Crippen molar-refractivity contribution in [3.05, 3.63) is 0 Å². The van der Waals surface area contributed by atoms with Crippen LogP contribution < -0.4 is 9.79 Å². The van der Waals surface area contributed by atoms with Gasteiger partial charge in [0.05, 0.1) is 0 Å². The standard InChI is InChI=1S/Ca.ClH2O3P.Mg.Sr.4H/c;1-5(2,3)4;;;;;;/h;(H2,2,3,4);;;;;;/q+2;;2*+2;4*-1/p-2. The molecule has 0 saturated heterocycles. The Morgan fingerprint density at radius 3 is 1.50 bits per heavy atom. The zero-order chi connectivity index (χ0) is 4.50. The fourth-order valence-electron chi connectivity index (χ4n) is 0. The summed E-state index contributed by atoms with van der Waals surface area (Å²) in [6.07, 6.45) is 0. The van der Waals surface area contributed by atoms with Crippen LogP contribution in [-0.2, 0) is 4.57 Å². The topological polar surface area (TPSA) is 63.2 Å². The van der Waals surface area contributed by atoms with Crippen LogP contribution in [0.2, 0.25) is 0 Å². The van der Waals surface area contributed by atoms with Gasteiger partial charge in [-0.2, -0.15) is 0 Å². The molecule has 0 amide bonds. The van der Waals surface area contributed by atoms with E-state index < -0.39 is 6.95 Å². The van der Waals surface area contributed by atoms with Gasteiger partial charge in [-0.25, -0.2) is 0 Å². The Morgan fingerprint density at radius 2 is 1.50 bits per heavy atom. The molecule has 3 nitrogen and oxygen atoms in total. The van der Waals surface area contributed by atoms with E-state index in [0.29, 0.717) is 0 Å². The molecule has 0 rings (SSSR count). The molecule has 0 aliphatic heterocycles. The van der Waals surface area contributed by atoms with Gasteiger partial charge in [0.2, 0.25) is 0 Å². The van der Waals surface area contributed by atoms with E-state index in [-0.39, 0.29) is 112 Å². The monoisotopic (exact) mass is 270 g/mol. The average Bonchev–Trinajstić information content (AvgIpc) is 0.722. The van der Waals surface area contributed by atoms with Gasteiger partial charge < -0.3 is 20.1 Å². The van der Waals surface area contributed by atoms with Crippen molar-refractivity contribution in [2.24, 2.45) is 0 Å². The van der Waals surface area contributed by atoms with Crippen molar-refractivity contribution in [2.45, 2.75) is 0 Å². The van der Waals surface area contributed by atoms with E-state index in [9.17, 15) is 0 Å². The fraction of sp³-hybridized carbons (Fsp3) is 0. The first-order valence-electron chi connectivity index (χ1n) is 0.717. The minimum Gasteiger partial charge on any atom is -1.00 e. The van der Waals surface area contributed by atoms with E-state index in [0.717, 1.165) is 0 Å². The third-order valence-electron chi connectivity index (χ3n) is 0. The second-order valence-corrected chi connectivity index (χ2v) is 2.53. The van der Waals surface area contributed by atoms with Crippen LogP contribution in [0.25, 0.3) is 0 Å². The number of rotatable bonds is 0. The van der Waals surface area contributed by atoms with Crippen molar-refractivity contribution >= 4 is 124 Å². The maximum absolute atomic E-state index is 8.87. The molecule has 0 aromatic heterocycles. The van der Waals surface area contributed by atoms with Gasteiger partial charge in [-0.3, -0.25) is 0 Å². The summed E-state index contributed by atoms with van der Waals surface area (Å²) >= 11 is 3.97. The third kappa shape index (κ3) is 51.1. The van der Waals surface area contributed by atoms with E-state index in [4.69, 9.17) is 14.4 Å². The quantitative estimate of drug-likeness (QED) is 0.392. The Labute approximate surface area is 141 Å². The van der Waals surface area contributed by atoms with Gasteiger partial charge in [-0.05, 0) is 0 Å². The second-order valence-electron chi connectivity index (χ2n) is 0.431. The molecule has 0 aromatic carbocycles. The minimum absolute atomic E-state index is 0. The first-order chi connectivity index (χ1) is 2.00. The van der Waals surface area contributed by atoms with Crippen molar-refractivity contribution in [3.8, 4) is 0 Å². The molecule has 8 heavy (non-hydrogen) atoms. The maximum Gasteiger partial charge on any atom is 2.00 e. The molecule has 0 aromatic rings. The molecule has 8 heteroatoms. The maximum atomic E-state index is 8.87. The summed E-state index contributed by atoms with van der Waals surface area (Å²) in [5.41, 5.74) is 0. The van der Waals surface area contributed by atoms with Crippen LogP contribution in [-0.4, -0.2) is 106 Å². The van der Waals surface area contributed by atoms with Crippen molar-refractivity contribution in [1.29, 1.82) is 0 Å². The van der Waals surface area contributed by atoms with E-state index in [1.165, 1.54) is 0 Å². The van der Waals surface area contributed by atoms with Crippen LogP contribution in [0.5, 0.6) is 0 Å². The summed E-state index contributed by atoms with van der Waals surface area (Å²) in [7, 11) is 0. The summed E-state index contributed by atoms with van der Waals surface area (Å²) in [4.78, 5) is 17.7. The predicted octanol–water partition coefficient (Wildman–Crippen LogP) is -1.64. The average molecular weight is 270 g/mol. The molecule has 0 saturated carbocycles. The van der Waals surface area contributed by atoms with Gasteiger partial charge in [-0.15, -0.1) is 0 Å². The van der Waals surface area contributed by atoms with Gasteiger partial charge in [0.1, 0.15) is 0 Å². The largest absolute Gasteiger partial charge is 2.00 e. The van der Waals surface area contributed by atoms with Crippen LogP contribution in [0.4, 0.5) is 0 Å². The molecule has 0 N–H and O–H groups in total. The Morgan fingerprint density at radius 1 is 1.50 bits per heavy atom. The van der Waals surface area contributed by atoms with Crippen LogP contribution in [0.3, 0.4) is 0 Å². The van der Waals surface area contributed by atoms with Gasteiger partial charge in [-0.1, -0.05) is 11.2 Å². The van der Waals surface area contributed by atoms with Gasteiger partial charge in [0.15, 0.2) is 0 Å². The second kappa shape index (κ2) is 10.9. The van der Waals surface area contributed by atoms with Gasteiger partial charge in [0, 0.05) is 6.95 Å². The predicted molar refractivity (Wildman–Crippen MR) is 35.2 cm³/mol. The molecular formula is H4CaClMgO3PSr. The zero-order valence-electron chi connectivity index (χ0n) is 8.17. The van der Waals surface area contributed by atoms with E-state index in [1.807, 2.05) is 0 Å². The Kier molecular flexibility index (Phi) is 31.0. The Balaban J connectivity index is -0.00000000381.